The SMILES string of the molecule is CC(C)(C)[C@@]1(O)CC(C(F)(F)F)=NN1C(=O)c1ccc([N+](=O)[O-])cc1. The third-order valence-corrected chi connectivity index (χ3v) is 4.03. The molecule has 1 aromatic carbocycles. The van der Waals surface area contributed by atoms with Gasteiger partial charge in [0.15, 0.2) is 5.72 Å². The summed E-state index contributed by atoms with van der Waals surface area (Å²) >= 11 is 0. The van der Waals surface area contributed by atoms with E-state index in [2.05, 4.69) is 5.10 Å². The molecule has 1 aliphatic heterocycles. The van der Waals surface area contributed by atoms with Gasteiger partial charge in [-0.15, -0.1) is 0 Å². The van der Waals surface area contributed by atoms with Crippen LogP contribution in [0.15, 0.2) is 29.4 Å². The number of amides is 1. The molecule has 0 saturated carbocycles. The minimum atomic E-state index is -4.79. The number of hydrogen-bond donors (Lipinski definition) is 1. The van der Waals surface area contributed by atoms with E-state index in [1.165, 1.54) is 20.8 Å². The molecule has 7 nitrogen and oxygen atoms in total. The minimum Gasteiger partial charge on any atom is -0.368 e. The molecule has 1 aliphatic rings. The number of nitro benzene ring substituents is 1. The highest BCUT2D eigenvalue weighted by molar-refractivity contribution is 5.99. The van der Waals surface area contributed by atoms with Crippen molar-refractivity contribution in [3.8, 4) is 0 Å². The van der Waals surface area contributed by atoms with Crippen molar-refractivity contribution in [1.29, 1.82) is 0 Å². The van der Waals surface area contributed by atoms with Crippen molar-refractivity contribution < 1.29 is 28.0 Å². The van der Waals surface area contributed by atoms with E-state index in [0.29, 0.717) is 5.01 Å². The molecule has 0 radical (unpaired) electrons. The lowest BCUT2D eigenvalue weighted by atomic mass is 9.80. The van der Waals surface area contributed by atoms with Crippen molar-refractivity contribution in [3.05, 3.63) is 39.9 Å². The number of carbonyl (C=O) groups is 1. The summed E-state index contributed by atoms with van der Waals surface area (Å²) in [4.78, 5) is 22.6. The first-order valence-corrected chi connectivity index (χ1v) is 7.23. The number of nitrogens with zero attached hydrogens (tertiary/aromatic N) is 3. The van der Waals surface area contributed by atoms with Crippen molar-refractivity contribution in [3.63, 3.8) is 0 Å². The van der Waals surface area contributed by atoms with Crippen molar-refractivity contribution in [1.82, 2.24) is 5.01 Å². The maximum Gasteiger partial charge on any atom is 0.431 e. The molecule has 10 heteroatoms. The first-order valence-electron chi connectivity index (χ1n) is 7.23. The molecule has 1 atom stereocenters. The van der Waals surface area contributed by atoms with E-state index < -0.39 is 40.3 Å². The number of carbonyl (C=O) groups excluding carboxylic acids is 1. The van der Waals surface area contributed by atoms with E-state index in [9.17, 15) is 33.2 Å². The first-order chi connectivity index (χ1) is 11.3. The number of benzene rings is 1. The second kappa shape index (κ2) is 5.80. The third kappa shape index (κ3) is 3.34. The smallest absolute Gasteiger partial charge is 0.368 e. The Morgan fingerprint density at radius 3 is 2.20 bits per heavy atom. The highest BCUT2D eigenvalue weighted by atomic mass is 19.4. The van der Waals surface area contributed by atoms with E-state index in [1.54, 1.807) is 0 Å². The molecule has 1 N–H and O–H groups in total. The molecule has 0 bridgehead atoms. The Kier molecular flexibility index (Phi) is 4.37. The van der Waals surface area contributed by atoms with Gasteiger partial charge in [0.05, 0.1) is 4.92 Å². The summed E-state index contributed by atoms with van der Waals surface area (Å²) in [7, 11) is 0. The number of nitro groups is 1. The van der Waals surface area contributed by atoms with Gasteiger partial charge in [0, 0.05) is 29.5 Å². The van der Waals surface area contributed by atoms with Gasteiger partial charge in [-0.25, -0.2) is 0 Å². The van der Waals surface area contributed by atoms with Crippen LogP contribution in [0.3, 0.4) is 0 Å². The number of alkyl halides is 3. The van der Waals surface area contributed by atoms with Gasteiger partial charge >= 0.3 is 6.18 Å². The van der Waals surface area contributed by atoms with Crippen molar-refractivity contribution in [2.24, 2.45) is 10.5 Å². The summed E-state index contributed by atoms with van der Waals surface area (Å²) in [5.41, 5.74) is -4.97. The summed E-state index contributed by atoms with van der Waals surface area (Å²) in [6, 6.07) is 4.30. The fourth-order valence-electron chi connectivity index (χ4n) is 2.35. The van der Waals surface area contributed by atoms with Crippen LogP contribution in [0.4, 0.5) is 18.9 Å². The highest BCUT2D eigenvalue weighted by Gasteiger charge is 2.57. The minimum absolute atomic E-state index is 0.125. The molecule has 0 spiro atoms. The van der Waals surface area contributed by atoms with Gasteiger partial charge in [-0.2, -0.15) is 23.3 Å². The molecule has 1 amide bonds. The molecule has 0 saturated heterocycles. The lowest BCUT2D eigenvalue weighted by Gasteiger charge is -2.41. The topological polar surface area (TPSA) is 96.0 Å². The predicted molar refractivity (Wildman–Crippen MR) is 81.8 cm³/mol. The summed E-state index contributed by atoms with van der Waals surface area (Å²) in [5, 5.41) is 25.1. The first kappa shape index (κ1) is 18.8. The summed E-state index contributed by atoms with van der Waals surface area (Å²) in [5.74, 6) is -0.980. The second-order valence-corrected chi connectivity index (χ2v) is 6.71. The molecule has 136 valence electrons. The van der Waals surface area contributed by atoms with E-state index in [0.717, 1.165) is 24.3 Å². The number of halogens is 3. The van der Waals surface area contributed by atoms with E-state index >= 15 is 0 Å². The molecular formula is C15H16F3N3O4. The number of non-ortho nitro benzene ring substituents is 1. The maximum absolute atomic E-state index is 13.0. The zero-order chi connectivity index (χ0) is 19.2. The standard InChI is InChI=1S/C15H16F3N3O4/c1-13(2,3)14(23)8-11(15(16,17)18)19-20(14)12(22)9-4-6-10(7-5-9)21(24)25/h4-7,23H,8H2,1-3H3/t14-/m0/s1. The molecule has 0 unspecified atom stereocenters. The normalized spacial score (nSPS) is 21.2. The van der Waals surface area contributed by atoms with E-state index in [1.807, 2.05) is 0 Å². The predicted octanol–water partition coefficient (Wildman–Crippen LogP) is 3.09. The Hall–Kier alpha value is -2.49. The summed E-state index contributed by atoms with van der Waals surface area (Å²) < 4.78 is 39.1. The fourth-order valence-corrected chi connectivity index (χ4v) is 2.35. The lowest BCUT2D eigenvalue weighted by molar-refractivity contribution is -0.384. The van der Waals surface area contributed by atoms with Crippen LogP contribution >= 0.6 is 0 Å². The summed E-state index contributed by atoms with van der Waals surface area (Å²) in [6.45, 7) is 4.45. The molecule has 0 aromatic heterocycles. The average Bonchev–Trinajstić information content (AvgIpc) is 2.85. The van der Waals surface area contributed by atoms with Crippen molar-refractivity contribution >= 4 is 17.3 Å². The summed E-state index contributed by atoms with van der Waals surface area (Å²) in [6.07, 6.45) is -5.65. The molecule has 1 aromatic rings. The van der Waals surface area contributed by atoms with Crippen molar-refractivity contribution in [2.75, 3.05) is 0 Å². The van der Waals surface area contributed by atoms with Crippen LogP contribution in [0.25, 0.3) is 0 Å². The van der Waals surface area contributed by atoms with Gasteiger partial charge in [-0.3, -0.25) is 14.9 Å². The van der Waals surface area contributed by atoms with Crippen LogP contribution < -0.4 is 0 Å². The Morgan fingerprint density at radius 1 is 1.28 bits per heavy atom. The van der Waals surface area contributed by atoms with Crippen LogP contribution in [-0.2, 0) is 0 Å². The highest BCUT2D eigenvalue weighted by Crippen LogP contribution is 2.44. The van der Waals surface area contributed by atoms with Crippen LogP contribution in [-0.4, -0.2) is 38.6 Å². The van der Waals surface area contributed by atoms with Gasteiger partial charge in [0.25, 0.3) is 11.6 Å². The Morgan fingerprint density at radius 2 is 1.80 bits per heavy atom. The van der Waals surface area contributed by atoms with Gasteiger partial charge in [0.1, 0.15) is 5.71 Å². The van der Waals surface area contributed by atoms with Gasteiger partial charge in [-0.05, 0) is 12.1 Å². The second-order valence-electron chi connectivity index (χ2n) is 6.71. The maximum atomic E-state index is 13.0. The van der Waals surface area contributed by atoms with Crippen LogP contribution in [0.2, 0.25) is 0 Å². The number of hydrazone groups is 1. The van der Waals surface area contributed by atoms with Gasteiger partial charge < -0.3 is 5.11 Å². The Labute approximate surface area is 140 Å². The largest absolute Gasteiger partial charge is 0.431 e. The molecular weight excluding hydrogens is 343 g/mol. The van der Waals surface area contributed by atoms with E-state index in [-0.39, 0.29) is 11.3 Å². The molecule has 1 heterocycles. The Balaban J connectivity index is 2.46. The van der Waals surface area contributed by atoms with E-state index in [4.69, 9.17) is 0 Å². The Bertz CT molecular complexity index is 738. The molecule has 2 rings (SSSR count). The lowest BCUT2D eigenvalue weighted by Crippen LogP contribution is -2.55. The average molecular weight is 359 g/mol. The zero-order valence-corrected chi connectivity index (χ0v) is 13.7. The molecule has 25 heavy (non-hydrogen) atoms. The van der Waals surface area contributed by atoms with Crippen molar-refractivity contribution in [2.45, 2.75) is 39.1 Å². The quantitative estimate of drug-likeness (QED) is 0.648. The fraction of sp³-hybridized carbons (Fsp3) is 0.467. The van der Waals surface area contributed by atoms with Crippen LogP contribution in [0.1, 0.15) is 37.6 Å². The molecule has 0 fully saturated rings. The number of aliphatic hydroxyl groups is 1. The third-order valence-electron chi connectivity index (χ3n) is 4.03. The zero-order valence-electron chi connectivity index (χ0n) is 13.7. The van der Waals surface area contributed by atoms with Crippen LogP contribution in [0.5, 0.6) is 0 Å². The van der Waals surface area contributed by atoms with Gasteiger partial charge in [0.2, 0.25) is 0 Å². The van der Waals surface area contributed by atoms with Crippen LogP contribution in [0, 0.1) is 15.5 Å². The number of hydrogen-bond acceptors (Lipinski definition) is 5. The van der Waals surface area contributed by atoms with Gasteiger partial charge in [-0.1, -0.05) is 20.8 Å². The monoisotopic (exact) mass is 359 g/mol. The molecule has 0 aliphatic carbocycles. The number of rotatable bonds is 2.